The van der Waals surface area contributed by atoms with Gasteiger partial charge in [-0.15, -0.1) is 0 Å². The summed E-state index contributed by atoms with van der Waals surface area (Å²) in [4.78, 5) is 34.9. The summed E-state index contributed by atoms with van der Waals surface area (Å²) in [6.45, 7) is 7.78. The molecule has 2 rings (SSSR count). The van der Waals surface area contributed by atoms with E-state index in [4.69, 9.17) is 9.47 Å². The Morgan fingerprint density at radius 1 is 0.900 bits per heavy atom. The number of carbonyl (C=O) groups is 3. The first-order valence-electron chi connectivity index (χ1n) is 9.90. The second kappa shape index (κ2) is 10.6. The van der Waals surface area contributed by atoms with Gasteiger partial charge in [-0.05, 0) is 35.1 Å². The van der Waals surface area contributed by atoms with Crippen LogP contribution in [0.5, 0.6) is 5.75 Å². The van der Waals surface area contributed by atoms with Gasteiger partial charge in [-0.1, -0.05) is 57.2 Å². The summed E-state index contributed by atoms with van der Waals surface area (Å²) in [5.41, 5.74) is 2.68. The van der Waals surface area contributed by atoms with Gasteiger partial charge in [0.15, 0.2) is 19.0 Å². The zero-order chi connectivity index (χ0) is 22.1. The van der Waals surface area contributed by atoms with Crippen molar-refractivity contribution in [3.05, 3.63) is 65.2 Å². The second-order valence-corrected chi connectivity index (χ2v) is 8.08. The van der Waals surface area contributed by atoms with Crippen molar-refractivity contribution in [1.82, 2.24) is 5.32 Å². The fourth-order valence-corrected chi connectivity index (χ4v) is 2.70. The lowest BCUT2D eigenvalue weighted by atomic mass is 9.87. The molecule has 0 atom stereocenters. The zero-order valence-electron chi connectivity index (χ0n) is 18.0. The van der Waals surface area contributed by atoms with Gasteiger partial charge in [0.2, 0.25) is 5.91 Å². The van der Waals surface area contributed by atoms with E-state index in [9.17, 15) is 14.4 Å². The van der Waals surface area contributed by atoms with Gasteiger partial charge in [-0.2, -0.15) is 0 Å². The minimum atomic E-state index is -0.602. The van der Waals surface area contributed by atoms with Crippen LogP contribution in [0, 0.1) is 0 Å². The van der Waals surface area contributed by atoms with Gasteiger partial charge in [0.25, 0.3) is 0 Å². The molecule has 0 radical (unpaired) electrons. The van der Waals surface area contributed by atoms with E-state index < -0.39 is 5.97 Å². The molecule has 1 N–H and O–H groups in total. The van der Waals surface area contributed by atoms with Gasteiger partial charge >= 0.3 is 5.97 Å². The van der Waals surface area contributed by atoms with Crippen molar-refractivity contribution in [1.29, 1.82) is 0 Å². The smallest absolute Gasteiger partial charge is 0.344 e. The Labute approximate surface area is 177 Å². The summed E-state index contributed by atoms with van der Waals surface area (Å²) in [7, 11) is 0. The van der Waals surface area contributed by atoms with Crippen molar-refractivity contribution in [2.75, 3.05) is 19.8 Å². The molecule has 0 bridgehead atoms. The number of benzene rings is 2. The van der Waals surface area contributed by atoms with Crippen LogP contribution in [0.4, 0.5) is 0 Å². The predicted molar refractivity (Wildman–Crippen MR) is 115 cm³/mol. The molecule has 0 aromatic heterocycles. The Bertz CT molecular complexity index is 864. The summed E-state index contributed by atoms with van der Waals surface area (Å²) in [6, 6.07) is 14.6. The van der Waals surface area contributed by atoms with Crippen LogP contribution in [0.25, 0.3) is 0 Å². The quantitative estimate of drug-likeness (QED) is 0.505. The van der Waals surface area contributed by atoms with Crippen molar-refractivity contribution < 1.29 is 23.9 Å². The number of amides is 1. The van der Waals surface area contributed by atoms with E-state index in [1.807, 2.05) is 36.4 Å². The van der Waals surface area contributed by atoms with Crippen LogP contribution in [-0.2, 0) is 26.2 Å². The lowest BCUT2D eigenvalue weighted by molar-refractivity contribution is -0.144. The van der Waals surface area contributed by atoms with Crippen LogP contribution in [0.15, 0.2) is 48.5 Å². The maximum atomic E-state index is 12.2. The lowest BCUT2D eigenvalue weighted by Crippen LogP contribution is -2.22. The molecule has 0 heterocycles. The third kappa shape index (κ3) is 7.70. The SMILES string of the molecule is CC(=O)NCCc1ccc(C(=O)COC(=O)COc2ccc(C(C)(C)C)cc2)cc1. The Morgan fingerprint density at radius 2 is 1.53 bits per heavy atom. The number of rotatable bonds is 9. The number of ether oxygens (including phenoxy) is 2. The molecule has 0 saturated heterocycles. The molecule has 0 saturated carbocycles. The number of carbonyl (C=O) groups excluding carboxylic acids is 3. The molecule has 0 fully saturated rings. The highest BCUT2D eigenvalue weighted by Gasteiger charge is 2.14. The summed E-state index contributed by atoms with van der Waals surface area (Å²) in [5, 5.41) is 2.72. The maximum Gasteiger partial charge on any atom is 0.344 e. The van der Waals surface area contributed by atoms with Crippen LogP contribution < -0.4 is 10.1 Å². The molecule has 2 aromatic rings. The van der Waals surface area contributed by atoms with E-state index in [2.05, 4.69) is 26.1 Å². The molecule has 6 nitrogen and oxygen atoms in total. The predicted octanol–water partition coefficient (Wildman–Crippen LogP) is 3.47. The highest BCUT2D eigenvalue weighted by Crippen LogP contribution is 2.24. The Balaban J connectivity index is 1.74. The highest BCUT2D eigenvalue weighted by atomic mass is 16.6. The first-order chi connectivity index (χ1) is 14.1. The molecular weight excluding hydrogens is 382 g/mol. The summed E-state index contributed by atoms with van der Waals surface area (Å²) in [6.07, 6.45) is 0.678. The summed E-state index contributed by atoms with van der Waals surface area (Å²) < 4.78 is 10.4. The van der Waals surface area contributed by atoms with E-state index in [1.54, 1.807) is 12.1 Å². The summed E-state index contributed by atoms with van der Waals surface area (Å²) in [5.74, 6) is -0.392. The minimum Gasteiger partial charge on any atom is -0.482 e. The van der Waals surface area contributed by atoms with Crippen molar-refractivity contribution in [2.24, 2.45) is 0 Å². The average Bonchev–Trinajstić information content (AvgIpc) is 2.70. The fourth-order valence-electron chi connectivity index (χ4n) is 2.70. The van der Waals surface area contributed by atoms with Gasteiger partial charge in [-0.25, -0.2) is 4.79 Å². The Morgan fingerprint density at radius 3 is 2.10 bits per heavy atom. The molecule has 2 aromatic carbocycles. The van der Waals surface area contributed by atoms with Crippen molar-refractivity contribution in [3.8, 4) is 5.75 Å². The number of hydrogen-bond donors (Lipinski definition) is 1. The molecule has 0 spiro atoms. The third-order valence-corrected chi connectivity index (χ3v) is 4.50. The fraction of sp³-hybridized carbons (Fsp3) is 0.375. The molecule has 0 aliphatic rings. The second-order valence-electron chi connectivity index (χ2n) is 8.08. The molecule has 0 aliphatic carbocycles. The normalized spacial score (nSPS) is 10.9. The Kier molecular flexibility index (Phi) is 8.16. The monoisotopic (exact) mass is 411 g/mol. The molecule has 0 aliphatic heterocycles. The van der Waals surface area contributed by atoms with E-state index >= 15 is 0 Å². The van der Waals surface area contributed by atoms with Crippen LogP contribution in [-0.4, -0.2) is 37.4 Å². The van der Waals surface area contributed by atoms with Gasteiger partial charge in [0.1, 0.15) is 5.75 Å². The van der Waals surface area contributed by atoms with Crippen LogP contribution in [0.1, 0.15) is 49.2 Å². The molecule has 30 heavy (non-hydrogen) atoms. The van der Waals surface area contributed by atoms with Gasteiger partial charge < -0.3 is 14.8 Å². The van der Waals surface area contributed by atoms with E-state index in [0.717, 1.165) is 5.56 Å². The average molecular weight is 411 g/mol. The van der Waals surface area contributed by atoms with Crippen LogP contribution in [0.2, 0.25) is 0 Å². The van der Waals surface area contributed by atoms with Crippen LogP contribution in [0.3, 0.4) is 0 Å². The van der Waals surface area contributed by atoms with E-state index in [1.165, 1.54) is 12.5 Å². The van der Waals surface area contributed by atoms with Crippen molar-refractivity contribution in [2.45, 2.75) is 39.5 Å². The number of esters is 1. The first-order valence-corrected chi connectivity index (χ1v) is 9.90. The minimum absolute atomic E-state index is 0.0431. The first kappa shape index (κ1) is 23.1. The topological polar surface area (TPSA) is 81.7 Å². The van der Waals surface area contributed by atoms with Gasteiger partial charge in [-0.3, -0.25) is 9.59 Å². The van der Waals surface area contributed by atoms with Gasteiger partial charge in [0.05, 0.1) is 0 Å². The largest absolute Gasteiger partial charge is 0.482 e. The number of nitrogens with one attached hydrogen (secondary N) is 1. The van der Waals surface area contributed by atoms with E-state index in [0.29, 0.717) is 24.3 Å². The lowest BCUT2D eigenvalue weighted by Gasteiger charge is -2.19. The van der Waals surface area contributed by atoms with Crippen LogP contribution >= 0.6 is 0 Å². The molecule has 6 heteroatoms. The van der Waals surface area contributed by atoms with E-state index in [-0.39, 0.29) is 30.3 Å². The molecule has 0 unspecified atom stereocenters. The number of ketones is 1. The molecule has 1 amide bonds. The zero-order valence-corrected chi connectivity index (χ0v) is 18.0. The highest BCUT2D eigenvalue weighted by molar-refractivity contribution is 5.98. The standard InChI is InChI=1S/C24H29NO5/c1-17(26)25-14-13-18-5-7-19(8-6-18)22(27)15-30-23(28)16-29-21-11-9-20(10-12-21)24(2,3)4/h5-12H,13-16H2,1-4H3,(H,25,26). The number of hydrogen-bond acceptors (Lipinski definition) is 5. The van der Waals surface area contributed by atoms with Crippen molar-refractivity contribution >= 4 is 17.7 Å². The van der Waals surface area contributed by atoms with Gasteiger partial charge in [0, 0.05) is 19.0 Å². The summed E-state index contributed by atoms with van der Waals surface area (Å²) >= 11 is 0. The maximum absolute atomic E-state index is 12.2. The molecular formula is C24H29NO5. The Hall–Kier alpha value is -3.15. The number of Topliss-reactive ketones (excluding diaryl/α,β-unsaturated/α-hetero) is 1. The third-order valence-electron chi connectivity index (χ3n) is 4.50. The van der Waals surface area contributed by atoms with Crippen molar-refractivity contribution in [3.63, 3.8) is 0 Å². The molecule has 160 valence electrons.